The predicted octanol–water partition coefficient (Wildman–Crippen LogP) is 3.85. The Bertz CT molecular complexity index is 262. The lowest BCUT2D eigenvalue weighted by atomic mass is 9.94. The molecule has 0 unspecified atom stereocenters. The first-order valence-corrected chi connectivity index (χ1v) is 10.1. The molecule has 0 aromatic carbocycles. The maximum atomic E-state index is 9.44. The van der Waals surface area contributed by atoms with E-state index in [2.05, 4.69) is 38.4 Å². The molecule has 0 aromatic rings. The molecule has 1 saturated carbocycles. The van der Waals surface area contributed by atoms with Crippen LogP contribution in [-0.4, -0.2) is 19.8 Å². The molecule has 16 heavy (non-hydrogen) atoms. The van der Waals surface area contributed by atoms with Gasteiger partial charge in [-0.1, -0.05) is 43.8 Å². The smallest absolute Gasteiger partial charge is 0.0639 e. The van der Waals surface area contributed by atoms with E-state index in [-0.39, 0.29) is 6.61 Å². The molecule has 0 aromatic heterocycles. The molecular weight excluding hydrogens is 212 g/mol. The van der Waals surface area contributed by atoms with Gasteiger partial charge in [-0.25, -0.2) is 0 Å². The highest BCUT2D eigenvalue weighted by molar-refractivity contribution is 6.76. The van der Waals surface area contributed by atoms with Gasteiger partial charge in [0.05, 0.1) is 6.61 Å². The summed E-state index contributed by atoms with van der Waals surface area (Å²) in [4.78, 5) is 0. The fourth-order valence-corrected chi connectivity index (χ4v) is 4.26. The van der Waals surface area contributed by atoms with Crippen molar-refractivity contribution in [1.82, 2.24) is 0 Å². The molecule has 0 heterocycles. The summed E-state index contributed by atoms with van der Waals surface area (Å²) in [5, 5.41) is 9.44. The summed E-state index contributed by atoms with van der Waals surface area (Å²) >= 11 is 0. The molecule has 1 aliphatic carbocycles. The number of aliphatic hydroxyl groups excluding tert-OH is 1. The second kappa shape index (κ2) is 5.83. The highest BCUT2D eigenvalue weighted by atomic mass is 28.3. The van der Waals surface area contributed by atoms with Crippen LogP contribution in [0.5, 0.6) is 0 Å². The average Bonchev–Trinajstić information content (AvgIpc) is 2.62. The molecule has 92 valence electrons. The van der Waals surface area contributed by atoms with Crippen LogP contribution in [0.25, 0.3) is 0 Å². The third kappa shape index (κ3) is 4.26. The van der Waals surface area contributed by atoms with Gasteiger partial charge in [-0.15, -0.1) is 6.58 Å². The largest absolute Gasteiger partial charge is 0.392 e. The number of rotatable bonds is 5. The molecule has 0 saturated heterocycles. The molecule has 0 radical (unpaired) electrons. The van der Waals surface area contributed by atoms with Crippen molar-refractivity contribution in [1.29, 1.82) is 0 Å². The number of hydrogen-bond acceptors (Lipinski definition) is 1. The van der Waals surface area contributed by atoms with Crippen molar-refractivity contribution in [3.05, 3.63) is 24.3 Å². The Kier molecular flexibility index (Phi) is 5.00. The minimum absolute atomic E-state index is 0.241. The van der Waals surface area contributed by atoms with Crippen LogP contribution in [0.15, 0.2) is 24.3 Å². The van der Waals surface area contributed by atoms with E-state index in [1.165, 1.54) is 24.8 Å². The molecule has 1 aliphatic rings. The van der Waals surface area contributed by atoms with Gasteiger partial charge in [-0.3, -0.25) is 0 Å². The number of hydrogen-bond donors (Lipinski definition) is 1. The first-order chi connectivity index (χ1) is 7.46. The van der Waals surface area contributed by atoms with Gasteiger partial charge >= 0.3 is 0 Å². The van der Waals surface area contributed by atoms with E-state index in [9.17, 15) is 5.11 Å². The normalized spacial score (nSPS) is 27.1. The van der Waals surface area contributed by atoms with Crippen molar-refractivity contribution in [3.8, 4) is 0 Å². The summed E-state index contributed by atoms with van der Waals surface area (Å²) in [5.41, 5.74) is 1.26. The zero-order chi connectivity index (χ0) is 12.2. The van der Waals surface area contributed by atoms with E-state index < -0.39 is 8.07 Å². The van der Waals surface area contributed by atoms with Gasteiger partial charge in [0.25, 0.3) is 0 Å². The first-order valence-electron chi connectivity index (χ1n) is 6.39. The van der Waals surface area contributed by atoms with Crippen LogP contribution in [0, 0.1) is 11.8 Å². The SMILES string of the molecule is C=C[C@@H]1CCC[C@H]1/C=C(/CO)C[Si](C)(C)C. The second-order valence-corrected chi connectivity index (χ2v) is 11.7. The highest BCUT2D eigenvalue weighted by Gasteiger charge is 2.24. The lowest BCUT2D eigenvalue weighted by Gasteiger charge is -2.20. The van der Waals surface area contributed by atoms with E-state index in [0.29, 0.717) is 11.8 Å². The molecule has 2 atom stereocenters. The average molecular weight is 238 g/mol. The zero-order valence-corrected chi connectivity index (χ0v) is 12.0. The Balaban J connectivity index is 2.67. The summed E-state index contributed by atoms with van der Waals surface area (Å²) in [7, 11) is -1.10. The molecular formula is C14H26OSi. The Hall–Kier alpha value is -0.343. The summed E-state index contributed by atoms with van der Waals surface area (Å²) in [6.45, 7) is 11.2. The molecule has 1 rings (SSSR count). The quantitative estimate of drug-likeness (QED) is 0.570. The molecule has 1 fully saturated rings. The van der Waals surface area contributed by atoms with Gasteiger partial charge < -0.3 is 5.11 Å². The van der Waals surface area contributed by atoms with Crippen LogP contribution in [0.4, 0.5) is 0 Å². The molecule has 0 amide bonds. The molecule has 0 bridgehead atoms. The van der Waals surface area contributed by atoms with Crippen LogP contribution >= 0.6 is 0 Å². The molecule has 0 spiro atoms. The van der Waals surface area contributed by atoms with Crippen LogP contribution in [0.2, 0.25) is 25.7 Å². The summed E-state index contributed by atoms with van der Waals surface area (Å²) in [6, 6.07) is 1.13. The molecule has 1 N–H and O–H groups in total. The third-order valence-corrected chi connectivity index (χ3v) is 4.85. The van der Waals surface area contributed by atoms with Gasteiger partial charge in [0, 0.05) is 8.07 Å². The minimum Gasteiger partial charge on any atom is -0.392 e. The van der Waals surface area contributed by atoms with E-state index >= 15 is 0 Å². The van der Waals surface area contributed by atoms with Crippen LogP contribution in [0.1, 0.15) is 19.3 Å². The predicted molar refractivity (Wildman–Crippen MR) is 74.3 cm³/mol. The van der Waals surface area contributed by atoms with Crippen LogP contribution in [-0.2, 0) is 0 Å². The van der Waals surface area contributed by atoms with Gasteiger partial charge in [-0.2, -0.15) is 0 Å². The van der Waals surface area contributed by atoms with Crippen LogP contribution in [0.3, 0.4) is 0 Å². The Morgan fingerprint density at radius 1 is 1.31 bits per heavy atom. The summed E-state index contributed by atoms with van der Waals surface area (Å²) in [6.07, 6.45) is 8.29. The zero-order valence-electron chi connectivity index (χ0n) is 11.0. The molecule has 1 nitrogen and oxygen atoms in total. The van der Waals surface area contributed by atoms with Crippen molar-refractivity contribution >= 4 is 8.07 Å². The highest BCUT2D eigenvalue weighted by Crippen LogP contribution is 2.34. The third-order valence-electron chi connectivity index (χ3n) is 3.34. The van der Waals surface area contributed by atoms with E-state index in [1.54, 1.807) is 0 Å². The van der Waals surface area contributed by atoms with Crippen LogP contribution < -0.4 is 0 Å². The topological polar surface area (TPSA) is 20.2 Å². The lowest BCUT2D eigenvalue weighted by molar-refractivity contribution is 0.329. The standard InChI is InChI=1S/C14H26OSi/c1-5-13-7-6-8-14(13)9-12(10-15)11-16(2,3)4/h5,9,13-15H,1,6-8,10-11H2,2-4H3/b12-9-/t13-,14+/m1/s1. The summed E-state index contributed by atoms with van der Waals surface area (Å²) < 4.78 is 0. The Morgan fingerprint density at radius 3 is 2.44 bits per heavy atom. The van der Waals surface area contributed by atoms with Gasteiger partial charge in [0.1, 0.15) is 0 Å². The van der Waals surface area contributed by atoms with Crippen molar-refractivity contribution < 1.29 is 5.11 Å². The molecule has 2 heteroatoms. The fourth-order valence-electron chi connectivity index (χ4n) is 2.67. The minimum atomic E-state index is -1.10. The van der Waals surface area contributed by atoms with Gasteiger partial charge in [-0.05, 0) is 30.7 Å². The number of aliphatic hydroxyl groups is 1. The molecule has 0 aliphatic heterocycles. The Labute approximate surface area is 101 Å². The summed E-state index contributed by atoms with van der Waals surface area (Å²) in [5.74, 6) is 1.28. The maximum Gasteiger partial charge on any atom is 0.0639 e. The van der Waals surface area contributed by atoms with E-state index in [0.717, 1.165) is 6.04 Å². The first kappa shape index (κ1) is 13.7. The Morgan fingerprint density at radius 2 is 1.94 bits per heavy atom. The van der Waals surface area contributed by atoms with E-state index in [1.807, 2.05) is 0 Å². The van der Waals surface area contributed by atoms with Crippen molar-refractivity contribution in [2.45, 2.75) is 44.9 Å². The monoisotopic (exact) mass is 238 g/mol. The van der Waals surface area contributed by atoms with Gasteiger partial charge in [0.15, 0.2) is 0 Å². The van der Waals surface area contributed by atoms with Crippen molar-refractivity contribution in [2.24, 2.45) is 11.8 Å². The van der Waals surface area contributed by atoms with E-state index in [4.69, 9.17) is 0 Å². The van der Waals surface area contributed by atoms with Crippen molar-refractivity contribution in [2.75, 3.05) is 6.61 Å². The second-order valence-electron chi connectivity index (χ2n) is 6.21. The van der Waals surface area contributed by atoms with Crippen molar-refractivity contribution in [3.63, 3.8) is 0 Å². The van der Waals surface area contributed by atoms with Gasteiger partial charge in [0.2, 0.25) is 0 Å². The number of allylic oxidation sites excluding steroid dienone is 2. The lowest BCUT2D eigenvalue weighted by Crippen LogP contribution is -2.21. The maximum absolute atomic E-state index is 9.44. The fraction of sp³-hybridized carbons (Fsp3) is 0.714.